The minimum Gasteiger partial charge on any atom is -0.481 e. The van der Waals surface area contributed by atoms with Gasteiger partial charge in [-0.1, -0.05) is 42.0 Å². The number of anilines is 1. The molecule has 8 heteroatoms. The Hall–Kier alpha value is -3.68. The molecule has 8 nitrogen and oxygen atoms in total. The molecule has 0 fully saturated rings. The van der Waals surface area contributed by atoms with Gasteiger partial charge in [-0.05, 0) is 43.0 Å². The molecular weight excluding hydrogens is 398 g/mol. The van der Waals surface area contributed by atoms with Crippen LogP contribution in [0, 0.1) is 6.92 Å². The fourth-order valence-corrected chi connectivity index (χ4v) is 2.92. The first kappa shape index (κ1) is 23.6. The van der Waals surface area contributed by atoms with E-state index in [1.54, 1.807) is 6.07 Å². The molecule has 0 aliphatic carbocycles. The maximum Gasteiger partial charge on any atom is 0.303 e. The zero-order valence-electron chi connectivity index (χ0n) is 17.6. The van der Waals surface area contributed by atoms with Gasteiger partial charge in [0.2, 0.25) is 17.7 Å². The van der Waals surface area contributed by atoms with Crippen molar-refractivity contribution in [2.45, 2.75) is 39.2 Å². The van der Waals surface area contributed by atoms with E-state index in [4.69, 9.17) is 5.11 Å². The largest absolute Gasteiger partial charge is 0.481 e. The lowest BCUT2D eigenvalue weighted by Crippen LogP contribution is -2.47. The summed E-state index contributed by atoms with van der Waals surface area (Å²) < 4.78 is 0. The van der Waals surface area contributed by atoms with Crippen LogP contribution >= 0.6 is 0 Å². The number of carboxylic acids is 1. The fraction of sp³-hybridized carbons (Fsp3) is 0.304. The molecule has 0 heterocycles. The summed E-state index contributed by atoms with van der Waals surface area (Å²) in [6.45, 7) is 3.00. The van der Waals surface area contributed by atoms with Crippen LogP contribution in [0.1, 0.15) is 36.5 Å². The minimum absolute atomic E-state index is 0.0734. The number of aliphatic carboxylic acids is 1. The summed E-state index contributed by atoms with van der Waals surface area (Å²) >= 11 is 0. The van der Waals surface area contributed by atoms with Crippen LogP contribution in [0.25, 0.3) is 0 Å². The molecular formula is C23H27N3O5. The number of hydrogen-bond acceptors (Lipinski definition) is 4. The third kappa shape index (κ3) is 8.69. The lowest BCUT2D eigenvalue weighted by atomic mass is 10.0. The lowest BCUT2D eigenvalue weighted by molar-refractivity contribution is -0.137. The van der Waals surface area contributed by atoms with Crippen LogP contribution in [0.2, 0.25) is 0 Å². The summed E-state index contributed by atoms with van der Waals surface area (Å²) in [5.41, 5.74) is 3.86. The van der Waals surface area contributed by atoms with Gasteiger partial charge in [-0.15, -0.1) is 0 Å². The van der Waals surface area contributed by atoms with Crippen molar-refractivity contribution in [3.05, 3.63) is 65.2 Å². The van der Waals surface area contributed by atoms with Gasteiger partial charge in [0.15, 0.2) is 0 Å². The molecule has 2 rings (SSSR count). The standard InChI is InChI=1S/C23H27N3O5/c1-15-6-8-17(9-7-15)12-18-4-3-5-19(13-18)25-23(31)20(10-11-22(29)30)26-21(28)14-24-16(2)27/h3-9,13,20H,10-12,14H2,1-2H3,(H,24,27)(H,25,31)(H,26,28)(H,29,30)/t20-/m0/s1. The first-order valence-electron chi connectivity index (χ1n) is 9.94. The molecule has 1 atom stereocenters. The minimum atomic E-state index is -1.07. The molecule has 0 aliphatic rings. The van der Waals surface area contributed by atoms with Gasteiger partial charge in [0.05, 0.1) is 6.54 Å². The molecule has 0 aliphatic heterocycles. The normalized spacial score (nSPS) is 11.3. The van der Waals surface area contributed by atoms with E-state index in [1.807, 2.05) is 49.4 Å². The molecule has 0 saturated heterocycles. The van der Waals surface area contributed by atoms with Gasteiger partial charge >= 0.3 is 5.97 Å². The molecule has 0 unspecified atom stereocenters. The Morgan fingerprint density at radius 3 is 2.35 bits per heavy atom. The van der Waals surface area contributed by atoms with E-state index < -0.39 is 23.8 Å². The molecule has 3 amide bonds. The average molecular weight is 425 g/mol. The second-order valence-electron chi connectivity index (χ2n) is 7.31. The topological polar surface area (TPSA) is 125 Å². The highest BCUT2D eigenvalue weighted by molar-refractivity contribution is 5.98. The quantitative estimate of drug-likeness (QED) is 0.463. The van der Waals surface area contributed by atoms with E-state index >= 15 is 0 Å². The van der Waals surface area contributed by atoms with Crippen LogP contribution < -0.4 is 16.0 Å². The number of benzene rings is 2. The van der Waals surface area contributed by atoms with Crippen molar-refractivity contribution in [1.82, 2.24) is 10.6 Å². The lowest BCUT2D eigenvalue weighted by Gasteiger charge is -2.18. The highest BCUT2D eigenvalue weighted by Crippen LogP contribution is 2.16. The summed E-state index contributed by atoms with van der Waals surface area (Å²) in [4.78, 5) is 46.6. The fourth-order valence-electron chi connectivity index (χ4n) is 2.92. The number of carboxylic acid groups (broad SMARTS) is 1. The van der Waals surface area contributed by atoms with Crippen LogP contribution in [0.3, 0.4) is 0 Å². The average Bonchev–Trinajstić information content (AvgIpc) is 2.71. The molecule has 0 bridgehead atoms. The molecule has 2 aromatic rings. The second-order valence-corrected chi connectivity index (χ2v) is 7.31. The highest BCUT2D eigenvalue weighted by Gasteiger charge is 2.22. The number of amides is 3. The summed E-state index contributed by atoms with van der Waals surface area (Å²) in [6, 6.07) is 14.5. The number of rotatable bonds is 10. The van der Waals surface area contributed by atoms with Crippen molar-refractivity contribution >= 4 is 29.4 Å². The maximum atomic E-state index is 12.7. The van der Waals surface area contributed by atoms with Crippen LogP contribution in [0.15, 0.2) is 48.5 Å². The van der Waals surface area contributed by atoms with Crippen molar-refractivity contribution < 1.29 is 24.3 Å². The van der Waals surface area contributed by atoms with Crippen LogP contribution in [-0.4, -0.2) is 41.4 Å². The molecule has 31 heavy (non-hydrogen) atoms. The monoisotopic (exact) mass is 425 g/mol. The summed E-state index contributed by atoms with van der Waals surface area (Å²) in [5, 5.41) is 16.5. The Morgan fingerprint density at radius 2 is 1.71 bits per heavy atom. The Kier molecular flexibility index (Phi) is 8.75. The van der Waals surface area contributed by atoms with E-state index in [9.17, 15) is 19.2 Å². The van der Waals surface area contributed by atoms with Crippen molar-refractivity contribution in [3.8, 4) is 0 Å². The first-order chi connectivity index (χ1) is 14.7. The zero-order chi connectivity index (χ0) is 22.8. The van der Waals surface area contributed by atoms with Gasteiger partial charge in [0, 0.05) is 19.0 Å². The van der Waals surface area contributed by atoms with Crippen molar-refractivity contribution in [2.75, 3.05) is 11.9 Å². The molecule has 0 spiro atoms. The Labute approximate surface area is 181 Å². The molecule has 2 aromatic carbocycles. The maximum absolute atomic E-state index is 12.7. The number of carbonyl (C=O) groups is 4. The smallest absolute Gasteiger partial charge is 0.303 e. The summed E-state index contributed by atoms with van der Waals surface area (Å²) in [6.07, 6.45) is 0.335. The van der Waals surface area contributed by atoms with E-state index in [0.29, 0.717) is 12.1 Å². The zero-order valence-corrected chi connectivity index (χ0v) is 17.6. The van der Waals surface area contributed by atoms with Gasteiger partial charge < -0.3 is 21.1 Å². The third-order valence-electron chi connectivity index (χ3n) is 4.52. The van der Waals surface area contributed by atoms with Crippen LogP contribution in [-0.2, 0) is 25.6 Å². The Bertz CT molecular complexity index is 940. The summed E-state index contributed by atoms with van der Waals surface area (Å²) in [7, 11) is 0. The van der Waals surface area contributed by atoms with Crippen LogP contribution in [0.5, 0.6) is 0 Å². The molecule has 0 aromatic heterocycles. The highest BCUT2D eigenvalue weighted by atomic mass is 16.4. The Morgan fingerprint density at radius 1 is 1.00 bits per heavy atom. The van der Waals surface area contributed by atoms with Gasteiger partial charge in [0.25, 0.3) is 0 Å². The molecule has 164 valence electrons. The number of carbonyl (C=O) groups excluding carboxylic acids is 3. The third-order valence-corrected chi connectivity index (χ3v) is 4.52. The summed E-state index contributed by atoms with van der Waals surface area (Å²) in [5.74, 6) is -2.56. The van der Waals surface area contributed by atoms with Gasteiger partial charge in [-0.3, -0.25) is 19.2 Å². The molecule has 0 saturated carbocycles. The first-order valence-corrected chi connectivity index (χ1v) is 9.94. The van der Waals surface area contributed by atoms with Crippen LogP contribution in [0.4, 0.5) is 5.69 Å². The van der Waals surface area contributed by atoms with E-state index in [0.717, 1.165) is 11.1 Å². The number of hydrogen-bond donors (Lipinski definition) is 4. The van der Waals surface area contributed by atoms with E-state index in [2.05, 4.69) is 16.0 Å². The van der Waals surface area contributed by atoms with Crippen molar-refractivity contribution in [1.29, 1.82) is 0 Å². The van der Waals surface area contributed by atoms with Crippen molar-refractivity contribution in [3.63, 3.8) is 0 Å². The Balaban J connectivity index is 2.05. The van der Waals surface area contributed by atoms with E-state index in [-0.39, 0.29) is 25.3 Å². The van der Waals surface area contributed by atoms with Gasteiger partial charge in [0.1, 0.15) is 6.04 Å². The van der Waals surface area contributed by atoms with Gasteiger partial charge in [-0.25, -0.2) is 0 Å². The SMILES string of the molecule is CC(=O)NCC(=O)N[C@@H](CCC(=O)O)C(=O)Nc1cccc(Cc2ccc(C)cc2)c1. The van der Waals surface area contributed by atoms with Gasteiger partial charge in [-0.2, -0.15) is 0 Å². The molecule has 0 radical (unpaired) electrons. The number of aryl methyl sites for hydroxylation is 1. The van der Waals surface area contributed by atoms with Crippen molar-refractivity contribution in [2.24, 2.45) is 0 Å². The number of nitrogens with one attached hydrogen (secondary N) is 3. The second kappa shape index (κ2) is 11.5. The molecule has 4 N–H and O–H groups in total. The predicted octanol–water partition coefficient (Wildman–Crippen LogP) is 2.01. The van der Waals surface area contributed by atoms with E-state index in [1.165, 1.54) is 12.5 Å². The predicted molar refractivity (Wildman–Crippen MR) is 117 cm³/mol.